The molecule has 0 fully saturated rings. The average Bonchev–Trinajstić information content (AvgIpc) is 2.83. The lowest BCUT2D eigenvalue weighted by atomic mass is 10.1. The van der Waals surface area contributed by atoms with Crippen LogP contribution in [0.15, 0.2) is 12.4 Å². The Labute approximate surface area is 121 Å². The van der Waals surface area contributed by atoms with Crippen molar-refractivity contribution >= 4 is 22.9 Å². The number of rotatable bonds is 2. The van der Waals surface area contributed by atoms with E-state index < -0.39 is 0 Å². The van der Waals surface area contributed by atoms with E-state index in [-0.39, 0.29) is 17.7 Å². The van der Waals surface area contributed by atoms with Gasteiger partial charge in [-0.05, 0) is 5.92 Å². The summed E-state index contributed by atoms with van der Waals surface area (Å²) in [5, 5.41) is 0. The van der Waals surface area contributed by atoms with Crippen LogP contribution in [-0.4, -0.2) is 29.5 Å². The summed E-state index contributed by atoms with van der Waals surface area (Å²) in [6, 6.07) is 0. The maximum atomic E-state index is 5.88. The number of aryl methyl sites for hydroxylation is 1. The molecule has 0 aliphatic heterocycles. The van der Waals surface area contributed by atoms with Gasteiger partial charge in [0, 0.05) is 19.4 Å². The molecule has 0 saturated heterocycles. The van der Waals surface area contributed by atoms with Crippen molar-refractivity contribution in [2.75, 3.05) is 11.5 Å². The molecular formula is C13H16N8. The van der Waals surface area contributed by atoms with Crippen molar-refractivity contribution in [1.29, 1.82) is 0 Å². The van der Waals surface area contributed by atoms with Gasteiger partial charge < -0.3 is 16.0 Å². The number of imidazole rings is 1. The quantitative estimate of drug-likeness (QED) is 0.722. The van der Waals surface area contributed by atoms with Gasteiger partial charge in [-0.1, -0.05) is 13.8 Å². The normalized spacial score (nSPS) is 11.4. The summed E-state index contributed by atoms with van der Waals surface area (Å²) in [6.45, 7) is 4.08. The van der Waals surface area contributed by atoms with Crippen LogP contribution in [0.4, 0.5) is 11.8 Å². The van der Waals surface area contributed by atoms with Crippen LogP contribution >= 0.6 is 0 Å². The van der Waals surface area contributed by atoms with Gasteiger partial charge in [-0.15, -0.1) is 0 Å². The number of hydrogen-bond acceptors (Lipinski definition) is 7. The average molecular weight is 284 g/mol. The van der Waals surface area contributed by atoms with Gasteiger partial charge in [0.2, 0.25) is 5.95 Å². The standard InChI is InChI=1S/C13H16N8/c1-6(2)7-8(12-16-4-5-21(12)3)17-9-10(14)19-13(15)20-11(9)18-7/h4-6H,1-3H3,(H4,14,15,18,19,20). The van der Waals surface area contributed by atoms with Crippen LogP contribution in [0, 0.1) is 0 Å². The van der Waals surface area contributed by atoms with E-state index in [2.05, 4.69) is 24.9 Å². The SMILES string of the molecule is CC(C)c1nc2nc(N)nc(N)c2nc1-c1nccn1C. The van der Waals surface area contributed by atoms with E-state index in [9.17, 15) is 0 Å². The second-order valence-corrected chi connectivity index (χ2v) is 5.11. The van der Waals surface area contributed by atoms with Crippen molar-refractivity contribution in [3.63, 3.8) is 0 Å². The lowest BCUT2D eigenvalue weighted by molar-refractivity contribution is 0.812. The van der Waals surface area contributed by atoms with Crippen molar-refractivity contribution in [3.8, 4) is 11.5 Å². The molecule has 0 aromatic carbocycles. The lowest BCUT2D eigenvalue weighted by Crippen LogP contribution is -2.08. The molecule has 0 aliphatic carbocycles. The molecule has 0 bridgehead atoms. The Bertz CT molecular complexity index is 820. The molecule has 3 aromatic rings. The summed E-state index contributed by atoms with van der Waals surface area (Å²) < 4.78 is 1.88. The molecule has 0 amide bonds. The van der Waals surface area contributed by atoms with Gasteiger partial charge in [0.15, 0.2) is 22.8 Å². The largest absolute Gasteiger partial charge is 0.382 e. The van der Waals surface area contributed by atoms with Crippen LogP contribution in [0.25, 0.3) is 22.7 Å². The lowest BCUT2D eigenvalue weighted by Gasteiger charge is -2.12. The predicted molar refractivity (Wildman–Crippen MR) is 80.2 cm³/mol. The summed E-state index contributed by atoms with van der Waals surface area (Å²) in [5.74, 6) is 1.19. The van der Waals surface area contributed by atoms with Crippen LogP contribution in [-0.2, 0) is 7.05 Å². The van der Waals surface area contributed by atoms with E-state index in [4.69, 9.17) is 11.5 Å². The van der Waals surface area contributed by atoms with Crippen LogP contribution in [0.3, 0.4) is 0 Å². The first kappa shape index (κ1) is 13.2. The predicted octanol–water partition coefficient (Wildman–Crippen LogP) is 1.11. The molecule has 0 radical (unpaired) electrons. The first-order valence-corrected chi connectivity index (χ1v) is 6.55. The number of nitrogens with two attached hydrogens (primary N) is 2. The molecule has 8 nitrogen and oxygen atoms in total. The highest BCUT2D eigenvalue weighted by molar-refractivity contribution is 5.84. The number of hydrogen-bond donors (Lipinski definition) is 2. The first-order chi connectivity index (χ1) is 9.97. The minimum absolute atomic E-state index is 0.0914. The Kier molecular flexibility index (Phi) is 2.93. The molecule has 0 spiro atoms. The summed E-state index contributed by atoms with van der Waals surface area (Å²) in [4.78, 5) is 21.5. The number of fused-ring (bicyclic) bond motifs is 1. The first-order valence-electron chi connectivity index (χ1n) is 6.55. The fourth-order valence-corrected chi connectivity index (χ4v) is 2.16. The smallest absolute Gasteiger partial charge is 0.224 e. The van der Waals surface area contributed by atoms with Gasteiger partial charge in [0.05, 0.1) is 5.69 Å². The van der Waals surface area contributed by atoms with E-state index in [0.29, 0.717) is 16.9 Å². The molecule has 4 N–H and O–H groups in total. The van der Waals surface area contributed by atoms with Gasteiger partial charge in [-0.25, -0.2) is 15.0 Å². The van der Waals surface area contributed by atoms with Crippen molar-refractivity contribution in [3.05, 3.63) is 18.1 Å². The Morgan fingerprint density at radius 3 is 2.48 bits per heavy atom. The minimum atomic E-state index is 0.0914. The Hall–Kier alpha value is -2.77. The zero-order chi connectivity index (χ0) is 15.1. The van der Waals surface area contributed by atoms with E-state index in [0.717, 1.165) is 11.5 Å². The molecule has 8 heteroatoms. The molecule has 0 aliphatic rings. The number of anilines is 2. The monoisotopic (exact) mass is 284 g/mol. The van der Waals surface area contributed by atoms with E-state index in [1.54, 1.807) is 6.20 Å². The maximum absolute atomic E-state index is 5.88. The fourth-order valence-electron chi connectivity index (χ4n) is 2.16. The Morgan fingerprint density at radius 2 is 1.86 bits per heavy atom. The topological polar surface area (TPSA) is 121 Å². The molecule has 3 heterocycles. The molecule has 3 rings (SSSR count). The summed E-state index contributed by atoms with van der Waals surface area (Å²) in [7, 11) is 1.90. The third-order valence-electron chi connectivity index (χ3n) is 3.18. The molecule has 0 unspecified atom stereocenters. The van der Waals surface area contributed by atoms with Crippen LogP contribution < -0.4 is 11.5 Å². The van der Waals surface area contributed by atoms with E-state index in [1.807, 2.05) is 31.7 Å². The Balaban J connectivity index is 2.37. The second kappa shape index (κ2) is 4.65. The highest BCUT2D eigenvalue weighted by atomic mass is 15.1. The molecule has 21 heavy (non-hydrogen) atoms. The van der Waals surface area contributed by atoms with Crippen LogP contribution in [0.1, 0.15) is 25.5 Å². The zero-order valence-electron chi connectivity index (χ0n) is 12.1. The molecular weight excluding hydrogens is 268 g/mol. The van der Waals surface area contributed by atoms with E-state index in [1.165, 1.54) is 0 Å². The second-order valence-electron chi connectivity index (χ2n) is 5.11. The number of nitrogens with zero attached hydrogens (tertiary/aromatic N) is 6. The Morgan fingerprint density at radius 1 is 1.10 bits per heavy atom. The van der Waals surface area contributed by atoms with Crippen LogP contribution in [0.5, 0.6) is 0 Å². The molecule has 0 saturated carbocycles. The fraction of sp³-hybridized carbons (Fsp3) is 0.308. The third-order valence-corrected chi connectivity index (χ3v) is 3.18. The summed E-state index contributed by atoms with van der Waals surface area (Å²) in [6.07, 6.45) is 3.57. The summed E-state index contributed by atoms with van der Waals surface area (Å²) >= 11 is 0. The van der Waals surface area contributed by atoms with Gasteiger partial charge in [-0.3, -0.25) is 0 Å². The number of nitrogen functional groups attached to an aromatic ring is 2. The zero-order valence-corrected chi connectivity index (χ0v) is 12.1. The number of aromatic nitrogens is 6. The van der Waals surface area contributed by atoms with Crippen molar-refractivity contribution < 1.29 is 0 Å². The van der Waals surface area contributed by atoms with E-state index >= 15 is 0 Å². The van der Waals surface area contributed by atoms with Gasteiger partial charge in [0.25, 0.3) is 0 Å². The van der Waals surface area contributed by atoms with Gasteiger partial charge in [0.1, 0.15) is 5.69 Å². The van der Waals surface area contributed by atoms with Crippen molar-refractivity contribution in [1.82, 2.24) is 29.5 Å². The summed E-state index contributed by atoms with van der Waals surface area (Å²) in [5.41, 5.74) is 13.8. The highest BCUT2D eigenvalue weighted by Crippen LogP contribution is 2.27. The molecule has 108 valence electrons. The molecule has 0 atom stereocenters. The van der Waals surface area contributed by atoms with Crippen LogP contribution in [0.2, 0.25) is 0 Å². The van der Waals surface area contributed by atoms with Crippen molar-refractivity contribution in [2.45, 2.75) is 19.8 Å². The third kappa shape index (κ3) is 2.14. The molecule has 3 aromatic heterocycles. The van der Waals surface area contributed by atoms with Crippen molar-refractivity contribution in [2.24, 2.45) is 7.05 Å². The van der Waals surface area contributed by atoms with Gasteiger partial charge >= 0.3 is 0 Å². The highest BCUT2D eigenvalue weighted by Gasteiger charge is 2.19. The van der Waals surface area contributed by atoms with Gasteiger partial charge in [-0.2, -0.15) is 9.97 Å². The minimum Gasteiger partial charge on any atom is -0.382 e. The maximum Gasteiger partial charge on any atom is 0.224 e.